The smallest absolute Gasteiger partial charge is 0.328 e. The second-order valence-electron chi connectivity index (χ2n) is 6.43. The van der Waals surface area contributed by atoms with Crippen molar-refractivity contribution in [3.05, 3.63) is 78.0 Å². The van der Waals surface area contributed by atoms with Gasteiger partial charge in [0.15, 0.2) is 6.20 Å². The lowest BCUT2D eigenvalue weighted by molar-refractivity contribution is -0.645. The van der Waals surface area contributed by atoms with E-state index in [1.165, 1.54) is 0 Å². The minimum Gasteiger partial charge on any atom is -1.00 e. The highest BCUT2D eigenvalue weighted by Gasteiger charge is 2.23. The summed E-state index contributed by atoms with van der Waals surface area (Å²) in [4.78, 5) is 25.0. The molecule has 0 saturated carbocycles. The quantitative estimate of drug-likeness (QED) is 0.299. The number of carbonyl (C=O) groups excluding carboxylic acids is 2. The number of nitrogens with one attached hydrogen (secondary N) is 1. The van der Waals surface area contributed by atoms with Crippen molar-refractivity contribution in [3.63, 3.8) is 0 Å². The third-order valence-electron chi connectivity index (χ3n) is 4.44. The van der Waals surface area contributed by atoms with Crippen LogP contribution in [0.5, 0.6) is 0 Å². The number of para-hydroxylation sites is 1. The summed E-state index contributed by atoms with van der Waals surface area (Å²) < 4.78 is 7.25. The molecule has 5 nitrogen and oxygen atoms in total. The van der Waals surface area contributed by atoms with Crippen molar-refractivity contribution in [2.45, 2.75) is 26.0 Å². The van der Waals surface area contributed by atoms with Crippen molar-refractivity contribution < 1.29 is 42.9 Å². The zero-order chi connectivity index (χ0) is 19.2. The molecule has 3 rings (SSSR count). The van der Waals surface area contributed by atoms with Gasteiger partial charge in [0.05, 0.1) is 0 Å². The fraction of sp³-hybridized carbons (Fsp3) is 0.227. The number of nitrogens with zero attached hydrogens (tertiary/aromatic N) is 1. The van der Waals surface area contributed by atoms with Crippen LogP contribution in [0.2, 0.25) is 0 Å². The Morgan fingerprint density at radius 2 is 1.75 bits per heavy atom. The van der Waals surface area contributed by atoms with E-state index in [0.717, 1.165) is 16.5 Å². The van der Waals surface area contributed by atoms with E-state index < -0.39 is 12.0 Å². The van der Waals surface area contributed by atoms with Crippen LogP contribution in [-0.4, -0.2) is 17.9 Å². The number of pyridine rings is 1. The Balaban J connectivity index is 0.00000280. The van der Waals surface area contributed by atoms with Gasteiger partial charge in [-0.25, -0.2) is 9.36 Å². The van der Waals surface area contributed by atoms with Crippen molar-refractivity contribution in [1.82, 2.24) is 5.32 Å². The Bertz CT molecular complexity index is 960. The van der Waals surface area contributed by atoms with Crippen LogP contribution in [0.25, 0.3) is 10.9 Å². The third-order valence-corrected chi connectivity index (χ3v) is 4.44. The highest BCUT2D eigenvalue weighted by atomic mass is 127. The van der Waals surface area contributed by atoms with E-state index in [1.54, 1.807) is 6.20 Å². The summed E-state index contributed by atoms with van der Waals surface area (Å²) in [6.07, 6.45) is 2.22. The molecule has 1 heterocycles. The van der Waals surface area contributed by atoms with E-state index >= 15 is 0 Å². The number of rotatable bonds is 6. The van der Waals surface area contributed by atoms with E-state index in [1.807, 2.05) is 79.2 Å². The number of esters is 1. The first kappa shape index (κ1) is 21.8. The van der Waals surface area contributed by atoms with E-state index in [9.17, 15) is 9.59 Å². The van der Waals surface area contributed by atoms with Gasteiger partial charge in [0.2, 0.25) is 5.52 Å². The molecule has 0 saturated heterocycles. The molecule has 146 valence electrons. The minimum absolute atomic E-state index is 0. The number of ether oxygens (including phenoxy) is 1. The van der Waals surface area contributed by atoms with Crippen LogP contribution in [0.3, 0.4) is 0 Å². The topological polar surface area (TPSA) is 59.3 Å². The SMILES string of the molecule is CCC(NC(=O)c1cc2ccccc2[n+](C)c1)C(=O)OCc1ccccc1.[I-]. The number of fused-ring (bicyclic) bond motifs is 1. The molecule has 6 heteroatoms. The van der Waals surface area contributed by atoms with E-state index in [2.05, 4.69) is 5.32 Å². The maximum atomic E-state index is 12.7. The summed E-state index contributed by atoms with van der Waals surface area (Å²) in [5.74, 6) is -0.722. The second kappa shape index (κ2) is 10.2. The van der Waals surface area contributed by atoms with Crippen molar-refractivity contribution in [2.24, 2.45) is 7.05 Å². The van der Waals surface area contributed by atoms with Crippen LogP contribution in [0.15, 0.2) is 66.9 Å². The number of aromatic nitrogens is 1. The number of amides is 1. The zero-order valence-corrected chi connectivity index (χ0v) is 18.0. The highest BCUT2D eigenvalue weighted by Crippen LogP contribution is 2.12. The predicted molar refractivity (Wildman–Crippen MR) is 103 cm³/mol. The average Bonchev–Trinajstić information content (AvgIpc) is 2.70. The molecule has 3 aromatic rings. The van der Waals surface area contributed by atoms with Crippen molar-refractivity contribution in [3.8, 4) is 0 Å². The molecule has 0 bridgehead atoms. The number of hydrogen-bond acceptors (Lipinski definition) is 3. The Morgan fingerprint density at radius 1 is 1.07 bits per heavy atom. The highest BCUT2D eigenvalue weighted by molar-refractivity contribution is 5.98. The minimum atomic E-state index is -0.682. The number of hydrogen-bond donors (Lipinski definition) is 1. The predicted octanol–water partition coefficient (Wildman–Crippen LogP) is -0.0799. The molecule has 0 fully saturated rings. The van der Waals surface area contributed by atoms with Gasteiger partial charge in [-0.15, -0.1) is 0 Å². The van der Waals surface area contributed by atoms with E-state index in [0.29, 0.717) is 12.0 Å². The molecule has 1 atom stereocenters. The summed E-state index contributed by atoms with van der Waals surface area (Å²) >= 11 is 0. The first-order valence-electron chi connectivity index (χ1n) is 8.98. The largest absolute Gasteiger partial charge is 1.00 e. The molecule has 0 aliphatic rings. The summed E-state index contributed by atoms with van der Waals surface area (Å²) in [7, 11) is 1.89. The van der Waals surface area contributed by atoms with Crippen LogP contribution in [0.4, 0.5) is 0 Å². The Morgan fingerprint density at radius 3 is 2.46 bits per heavy atom. The molecule has 28 heavy (non-hydrogen) atoms. The third kappa shape index (κ3) is 5.28. The summed E-state index contributed by atoms with van der Waals surface area (Å²) in [5, 5.41) is 3.75. The lowest BCUT2D eigenvalue weighted by Crippen LogP contribution is -3.00. The molecule has 0 spiro atoms. The van der Waals surface area contributed by atoms with Gasteiger partial charge in [0, 0.05) is 11.5 Å². The Kier molecular flexibility index (Phi) is 7.92. The normalized spacial score (nSPS) is 11.4. The number of aryl methyl sites for hydroxylation is 1. The zero-order valence-electron chi connectivity index (χ0n) is 15.9. The number of carbonyl (C=O) groups is 2. The molecule has 0 aliphatic carbocycles. The van der Waals surface area contributed by atoms with Crippen molar-refractivity contribution >= 4 is 22.8 Å². The molecule has 1 aromatic heterocycles. The van der Waals surface area contributed by atoms with Gasteiger partial charge in [-0.3, -0.25) is 4.79 Å². The average molecular weight is 490 g/mol. The van der Waals surface area contributed by atoms with Crippen LogP contribution >= 0.6 is 0 Å². The fourth-order valence-electron chi connectivity index (χ4n) is 2.94. The van der Waals surface area contributed by atoms with Crippen LogP contribution in [-0.2, 0) is 23.2 Å². The molecular formula is C22H23IN2O3. The summed E-state index contributed by atoms with van der Waals surface area (Å²) in [6, 6.07) is 18.4. The standard InChI is InChI=1S/C22H22N2O3.HI/c1-3-19(22(26)27-15-16-9-5-4-6-10-16)23-21(25)18-13-17-11-7-8-12-20(17)24(2)14-18;/h4-14,19H,3,15H2,1-2H3;1H. The number of halogens is 1. The van der Waals surface area contributed by atoms with Gasteiger partial charge in [-0.1, -0.05) is 49.4 Å². The van der Waals surface area contributed by atoms with Gasteiger partial charge in [-0.05, 0) is 24.1 Å². The van der Waals surface area contributed by atoms with Gasteiger partial charge >= 0.3 is 5.97 Å². The molecule has 1 N–H and O–H groups in total. The maximum Gasteiger partial charge on any atom is 0.328 e. The second-order valence-corrected chi connectivity index (χ2v) is 6.43. The Labute approximate surface area is 181 Å². The first-order valence-corrected chi connectivity index (χ1v) is 8.98. The summed E-state index contributed by atoms with van der Waals surface area (Å²) in [5.41, 5.74) is 2.45. The molecular weight excluding hydrogens is 467 g/mol. The monoisotopic (exact) mass is 490 g/mol. The van der Waals surface area contributed by atoms with Gasteiger partial charge < -0.3 is 34.0 Å². The Hall–Kier alpha value is -2.48. The maximum absolute atomic E-state index is 12.7. The first-order chi connectivity index (χ1) is 13.1. The van der Waals surface area contributed by atoms with Gasteiger partial charge in [0.25, 0.3) is 5.91 Å². The molecule has 1 unspecified atom stereocenters. The van der Waals surface area contributed by atoms with Crippen LogP contribution in [0.1, 0.15) is 29.3 Å². The fourth-order valence-corrected chi connectivity index (χ4v) is 2.94. The number of benzene rings is 2. The molecule has 0 aliphatic heterocycles. The van der Waals surface area contributed by atoms with E-state index in [4.69, 9.17) is 4.74 Å². The van der Waals surface area contributed by atoms with Crippen molar-refractivity contribution in [1.29, 1.82) is 0 Å². The van der Waals surface area contributed by atoms with E-state index in [-0.39, 0.29) is 36.5 Å². The van der Waals surface area contributed by atoms with Gasteiger partial charge in [-0.2, -0.15) is 0 Å². The lowest BCUT2D eigenvalue weighted by Gasteiger charge is -2.16. The molecule has 1 amide bonds. The lowest BCUT2D eigenvalue weighted by atomic mass is 10.1. The van der Waals surface area contributed by atoms with Crippen LogP contribution < -0.4 is 33.9 Å². The van der Waals surface area contributed by atoms with Crippen molar-refractivity contribution in [2.75, 3.05) is 0 Å². The molecule has 2 aromatic carbocycles. The molecule has 0 radical (unpaired) electrons. The van der Waals surface area contributed by atoms with Crippen LogP contribution in [0, 0.1) is 0 Å². The van der Waals surface area contributed by atoms with Gasteiger partial charge in [0.1, 0.15) is 25.3 Å². The summed E-state index contributed by atoms with van der Waals surface area (Å²) in [6.45, 7) is 2.03.